The van der Waals surface area contributed by atoms with E-state index in [4.69, 9.17) is 28.9 Å². The van der Waals surface area contributed by atoms with E-state index in [0.29, 0.717) is 23.0 Å². The summed E-state index contributed by atoms with van der Waals surface area (Å²) in [6.45, 7) is 2.92. The van der Waals surface area contributed by atoms with Crippen LogP contribution in [0.15, 0.2) is 12.1 Å². The highest BCUT2D eigenvalue weighted by atomic mass is 35.5. The molecule has 6 heteroatoms. The zero-order valence-corrected chi connectivity index (χ0v) is 13.3. The minimum atomic E-state index is -0.187. The highest BCUT2D eigenvalue weighted by Gasteiger charge is 2.34. The molecule has 3 rings (SSSR count). The fourth-order valence-electron chi connectivity index (χ4n) is 2.88. The van der Waals surface area contributed by atoms with Gasteiger partial charge in [0.1, 0.15) is 0 Å². The summed E-state index contributed by atoms with van der Waals surface area (Å²) in [6, 6.07) is 4.01. The molecular weight excluding hydrogens is 309 g/mol. The van der Waals surface area contributed by atoms with Crippen molar-refractivity contribution in [2.24, 2.45) is 5.92 Å². The molecule has 3 N–H and O–H groups in total. The van der Waals surface area contributed by atoms with Crippen molar-refractivity contribution in [2.45, 2.75) is 25.3 Å². The number of nitrogens with two attached hydrogens (primary N) is 1. The molecule has 4 nitrogen and oxygen atoms in total. The third-order valence-corrected chi connectivity index (χ3v) is 5.04. The van der Waals surface area contributed by atoms with Crippen LogP contribution in [0.1, 0.15) is 29.6 Å². The number of benzene rings is 1. The first-order valence-corrected chi connectivity index (χ1v) is 8.07. The van der Waals surface area contributed by atoms with Crippen LogP contribution >= 0.6 is 23.2 Å². The van der Waals surface area contributed by atoms with Crippen LogP contribution < -0.4 is 11.1 Å². The molecule has 1 saturated heterocycles. The molecule has 2 aliphatic rings. The third-order valence-electron chi connectivity index (χ3n) is 4.30. The Kier molecular flexibility index (Phi) is 4.29. The third kappa shape index (κ3) is 3.28. The number of halogens is 2. The summed E-state index contributed by atoms with van der Waals surface area (Å²) >= 11 is 12.0. The lowest BCUT2D eigenvalue weighted by Gasteiger charge is -2.15. The molecule has 1 amide bonds. The number of amides is 1. The molecule has 0 unspecified atom stereocenters. The van der Waals surface area contributed by atoms with Gasteiger partial charge in [-0.3, -0.25) is 4.79 Å². The molecule has 1 aliphatic carbocycles. The molecule has 0 radical (unpaired) electrons. The van der Waals surface area contributed by atoms with Gasteiger partial charge < -0.3 is 16.0 Å². The average molecular weight is 328 g/mol. The van der Waals surface area contributed by atoms with Crippen LogP contribution in [0.3, 0.4) is 0 Å². The Bertz CT molecular complexity index is 560. The highest BCUT2D eigenvalue weighted by molar-refractivity contribution is 6.40. The van der Waals surface area contributed by atoms with Gasteiger partial charge >= 0.3 is 0 Å². The molecule has 0 aromatic heterocycles. The standard InChI is InChI=1S/C15H19Cl2N3O/c16-12-4-3-11(13(17)14(12)18)15(21)19-7-9-5-6-20(8-9)10-1-2-10/h3-4,9-10H,1-2,5-8,18H2,(H,19,21)/t9-/m0/s1. The fourth-order valence-corrected chi connectivity index (χ4v) is 3.33. The summed E-state index contributed by atoms with van der Waals surface area (Å²) in [5.74, 6) is 0.339. The van der Waals surface area contributed by atoms with Crippen LogP contribution in [0.25, 0.3) is 0 Å². The van der Waals surface area contributed by atoms with Gasteiger partial charge in [0.2, 0.25) is 0 Å². The van der Waals surface area contributed by atoms with Gasteiger partial charge in [0.05, 0.1) is 21.3 Å². The highest BCUT2D eigenvalue weighted by Crippen LogP contribution is 2.32. The van der Waals surface area contributed by atoms with Crippen LogP contribution in [0.5, 0.6) is 0 Å². The molecule has 1 aliphatic heterocycles. The Morgan fingerprint density at radius 1 is 1.33 bits per heavy atom. The van der Waals surface area contributed by atoms with Crippen molar-refractivity contribution in [3.8, 4) is 0 Å². The quantitative estimate of drug-likeness (QED) is 0.836. The second kappa shape index (κ2) is 6.03. The van der Waals surface area contributed by atoms with E-state index >= 15 is 0 Å². The van der Waals surface area contributed by atoms with E-state index in [1.807, 2.05) is 0 Å². The molecular formula is C15H19Cl2N3O. The summed E-state index contributed by atoms with van der Waals surface area (Å²) in [7, 11) is 0. The summed E-state index contributed by atoms with van der Waals surface area (Å²) in [6.07, 6.45) is 3.81. The monoisotopic (exact) mass is 327 g/mol. The van der Waals surface area contributed by atoms with Gasteiger partial charge in [0.15, 0.2) is 0 Å². The van der Waals surface area contributed by atoms with Gasteiger partial charge in [0.25, 0.3) is 5.91 Å². The lowest BCUT2D eigenvalue weighted by Crippen LogP contribution is -2.31. The number of carbonyl (C=O) groups is 1. The van der Waals surface area contributed by atoms with Crippen molar-refractivity contribution >= 4 is 34.8 Å². The number of hydrogen-bond acceptors (Lipinski definition) is 3. The average Bonchev–Trinajstić information content (AvgIpc) is 3.21. The minimum absolute atomic E-state index is 0.187. The van der Waals surface area contributed by atoms with Gasteiger partial charge in [0, 0.05) is 19.1 Å². The predicted octanol–water partition coefficient (Wildman–Crippen LogP) is 2.79. The number of carbonyl (C=O) groups excluding carboxylic acids is 1. The molecule has 0 bridgehead atoms. The number of hydrogen-bond donors (Lipinski definition) is 2. The second-order valence-electron chi connectivity index (χ2n) is 5.91. The first-order chi connectivity index (χ1) is 10.1. The molecule has 1 aromatic carbocycles. The fraction of sp³-hybridized carbons (Fsp3) is 0.533. The van der Waals surface area contributed by atoms with E-state index < -0.39 is 0 Å². The van der Waals surface area contributed by atoms with Crippen LogP contribution in [-0.2, 0) is 0 Å². The van der Waals surface area contributed by atoms with E-state index in [2.05, 4.69) is 10.2 Å². The SMILES string of the molecule is Nc1c(Cl)ccc(C(=O)NC[C@@H]2CCN(C3CC3)C2)c1Cl. The maximum Gasteiger partial charge on any atom is 0.252 e. The van der Waals surface area contributed by atoms with Crippen molar-refractivity contribution in [3.05, 3.63) is 27.7 Å². The smallest absolute Gasteiger partial charge is 0.252 e. The van der Waals surface area contributed by atoms with E-state index in [-0.39, 0.29) is 16.6 Å². The lowest BCUT2D eigenvalue weighted by molar-refractivity contribution is 0.0947. The topological polar surface area (TPSA) is 58.4 Å². The Morgan fingerprint density at radius 2 is 2.10 bits per heavy atom. The summed E-state index contributed by atoms with van der Waals surface area (Å²) in [4.78, 5) is 14.7. The van der Waals surface area contributed by atoms with E-state index in [0.717, 1.165) is 25.6 Å². The van der Waals surface area contributed by atoms with Crippen molar-refractivity contribution in [1.29, 1.82) is 0 Å². The molecule has 1 heterocycles. The number of likely N-dealkylation sites (tertiary alicyclic amines) is 1. The first kappa shape index (κ1) is 14.9. The molecule has 21 heavy (non-hydrogen) atoms. The van der Waals surface area contributed by atoms with Gasteiger partial charge in [-0.25, -0.2) is 0 Å². The largest absolute Gasteiger partial charge is 0.396 e. The van der Waals surface area contributed by atoms with Crippen LogP contribution in [0, 0.1) is 5.92 Å². The van der Waals surface area contributed by atoms with Gasteiger partial charge in [-0.05, 0) is 43.9 Å². The van der Waals surface area contributed by atoms with E-state index in [1.54, 1.807) is 12.1 Å². The van der Waals surface area contributed by atoms with Crippen molar-refractivity contribution in [1.82, 2.24) is 10.2 Å². The molecule has 1 atom stereocenters. The normalized spacial score (nSPS) is 22.5. The maximum atomic E-state index is 12.2. The first-order valence-electron chi connectivity index (χ1n) is 7.32. The summed E-state index contributed by atoms with van der Waals surface area (Å²) in [5, 5.41) is 3.56. The summed E-state index contributed by atoms with van der Waals surface area (Å²) < 4.78 is 0. The van der Waals surface area contributed by atoms with Gasteiger partial charge in [-0.2, -0.15) is 0 Å². The molecule has 2 fully saturated rings. The number of nitrogen functional groups attached to an aromatic ring is 1. The van der Waals surface area contributed by atoms with Gasteiger partial charge in [-0.15, -0.1) is 0 Å². The molecule has 114 valence electrons. The molecule has 0 spiro atoms. The number of nitrogens with zero attached hydrogens (tertiary/aromatic N) is 1. The van der Waals surface area contributed by atoms with E-state index in [9.17, 15) is 4.79 Å². The Balaban J connectivity index is 1.56. The zero-order chi connectivity index (χ0) is 15.0. The Labute approximate surface area is 134 Å². The Morgan fingerprint density at radius 3 is 2.81 bits per heavy atom. The van der Waals surface area contributed by atoms with Crippen LogP contribution in [0.4, 0.5) is 5.69 Å². The van der Waals surface area contributed by atoms with Crippen molar-refractivity contribution in [2.75, 3.05) is 25.4 Å². The minimum Gasteiger partial charge on any atom is -0.396 e. The van der Waals surface area contributed by atoms with Gasteiger partial charge in [-0.1, -0.05) is 23.2 Å². The lowest BCUT2D eigenvalue weighted by atomic mass is 10.1. The molecule has 1 saturated carbocycles. The number of anilines is 1. The maximum absolute atomic E-state index is 12.2. The van der Waals surface area contributed by atoms with E-state index in [1.165, 1.54) is 12.8 Å². The second-order valence-corrected chi connectivity index (χ2v) is 6.70. The Hall–Kier alpha value is -0.970. The summed E-state index contributed by atoms with van der Waals surface area (Å²) in [5.41, 5.74) is 6.39. The predicted molar refractivity (Wildman–Crippen MR) is 85.9 cm³/mol. The number of rotatable bonds is 4. The molecule has 1 aromatic rings. The van der Waals surface area contributed by atoms with Crippen molar-refractivity contribution < 1.29 is 4.79 Å². The zero-order valence-electron chi connectivity index (χ0n) is 11.7. The van der Waals surface area contributed by atoms with Crippen LogP contribution in [-0.4, -0.2) is 36.5 Å². The van der Waals surface area contributed by atoms with Crippen LogP contribution in [0.2, 0.25) is 10.0 Å². The van der Waals surface area contributed by atoms with Crippen molar-refractivity contribution in [3.63, 3.8) is 0 Å². The number of nitrogens with one attached hydrogen (secondary N) is 1.